The SMILES string of the molecule is Cc1ccc(C)c(C(C)NC(=O)C(C)SCc2nc3sc(C)c(C)c3c(=O)[nH]2)c1. The second-order valence-electron chi connectivity index (χ2n) is 7.52. The number of amides is 1. The molecule has 0 spiro atoms. The number of thioether (sulfide) groups is 1. The number of aryl methyl sites for hydroxylation is 4. The van der Waals surface area contributed by atoms with Crippen LogP contribution in [-0.4, -0.2) is 21.1 Å². The van der Waals surface area contributed by atoms with E-state index in [1.807, 2.05) is 27.7 Å². The molecule has 2 unspecified atom stereocenters. The molecule has 3 aromatic rings. The Morgan fingerprint density at radius 1 is 1.24 bits per heavy atom. The molecule has 7 heteroatoms. The highest BCUT2D eigenvalue weighted by Crippen LogP contribution is 2.27. The molecule has 0 saturated heterocycles. The summed E-state index contributed by atoms with van der Waals surface area (Å²) in [7, 11) is 0. The molecule has 29 heavy (non-hydrogen) atoms. The Bertz CT molecular complexity index is 1120. The number of hydrogen-bond donors (Lipinski definition) is 2. The van der Waals surface area contributed by atoms with E-state index in [-0.39, 0.29) is 22.8 Å². The summed E-state index contributed by atoms with van der Waals surface area (Å²) in [6.45, 7) is 11.9. The zero-order valence-electron chi connectivity index (χ0n) is 17.7. The van der Waals surface area contributed by atoms with Crippen LogP contribution in [0.5, 0.6) is 0 Å². The smallest absolute Gasteiger partial charge is 0.259 e. The molecule has 5 nitrogen and oxygen atoms in total. The van der Waals surface area contributed by atoms with Crippen molar-refractivity contribution in [2.75, 3.05) is 0 Å². The van der Waals surface area contributed by atoms with Crippen molar-refractivity contribution in [3.05, 3.63) is 61.5 Å². The third-order valence-electron chi connectivity index (χ3n) is 5.19. The Morgan fingerprint density at radius 3 is 2.69 bits per heavy atom. The molecule has 3 rings (SSSR count). The van der Waals surface area contributed by atoms with E-state index >= 15 is 0 Å². The van der Waals surface area contributed by atoms with E-state index in [1.165, 1.54) is 34.2 Å². The number of thiophene rings is 1. The molecule has 1 amide bonds. The fraction of sp³-hybridized carbons (Fsp3) is 0.409. The zero-order valence-corrected chi connectivity index (χ0v) is 19.3. The van der Waals surface area contributed by atoms with Gasteiger partial charge in [-0.1, -0.05) is 23.8 Å². The number of nitrogens with zero attached hydrogens (tertiary/aromatic N) is 1. The largest absolute Gasteiger partial charge is 0.349 e. The maximum Gasteiger partial charge on any atom is 0.259 e. The summed E-state index contributed by atoms with van der Waals surface area (Å²) in [4.78, 5) is 34.4. The van der Waals surface area contributed by atoms with Gasteiger partial charge >= 0.3 is 0 Å². The number of fused-ring (bicyclic) bond motifs is 1. The lowest BCUT2D eigenvalue weighted by atomic mass is 10.00. The van der Waals surface area contributed by atoms with Crippen molar-refractivity contribution in [1.82, 2.24) is 15.3 Å². The van der Waals surface area contributed by atoms with Crippen LogP contribution in [0.1, 0.15) is 52.8 Å². The molecule has 0 fully saturated rings. The van der Waals surface area contributed by atoms with Crippen molar-refractivity contribution in [3.8, 4) is 0 Å². The van der Waals surface area contributed by atoms with E-state index in [9.17, 15) is 9.59 Å². The predicted molar refractivity (Wildman–Crippen MR) is 123 cm³/mol. The first-order valence-electron chi connectivity index (χ1n) is 9.65. The monoisotopic (exact) mass is 429 g/mol. The number of benzene rings is 1. The summed E-state index contributed by atoms with van der Waals surface area (Å²) < 4.78 is 0. The molecule has 2 atom stereocenters. The molecule has 1 aromatic carbocycles. The quantitative estimate of drug-likeness (QED) is 0.595. The topological polar surface area (TPSA) is 74.8 Å². The first kappa shape index (κ1) is 21.6. The first-order chi connectivity index (χ1) is 13.7. The van der Waals surface area contributed by atoms with Crippen LogP contribution in [0.2, 0.25) is 0 Å². The van der Waals surface area contributed by atoms with Gasteiger partial charge in [0.1, 0.15) is 10.7 Å². The molecule has 2 heterocycles. The number of hydrogen-bond acceptors (Lipinski definition) is 5. The van der Waals surface area contributed by atoms with Crippen molar-refractivity contribution >= 4 is 39.2 Å². The summed E-state index contributed by atoms with van der Waals surface area (Å²) in [6.07, 6.45) is 0. The number of rotatable bonds is 6. The second kappa shape index (κ2) is 8.71. The molecule has 2 aromatic heterocycles. The summed E-state index contributed by atoms with van der Waals surface area (Å²) in [6, 6.07) is 6.22. The van der Waals surface area contributed by atoms with Crippen LogP contribution in [-0.2, 0) is 10.5 Å². The minimum Gasteiger partial charge on any atom is -0.349 e. The number of carbonyl (C=O) groups excluding carboxylic acids is 1. The van der Waals surface area contributed by atoms with E-state index in [2.05, 4.69) is 47.3 Å². The molecular weight excluding hydrogens is 402 g/mol. The zero-order chi connectivity index (χ0) is 21.3. The number of carbonyl (C=O) groups is 1. The predicted octanol–water partition coefficient (Wildman–Crippen LogP) is 4.72. The van der Waals surface area contributed by atoms with Crippen LogP contribution in [0.25, 0.3) is 10.2 Å². The van der Waals surface area contributed by atoms with E-state index in [0.29, 0.717) is 17.0 Å². The van der Waals surface area contributed by atoms with Gasteiger partial charge in [-0.3, -0.25) is 9.59 Å². The minimum absolute atomic E-state index is 0.0188. The van der Waals surface area contributed by atoms with Crippen molar-refractivity contribution in [1.29, 1.82) is 0 Å². The lowest BCUT2D eigenvalue weighted by Crippen LogP contribution is -2.33. The number of nitrogens with one attached hydrogen (secondary N) is 2. The lowest BCUT2D eigenvalue weighted by molar-refractivity contribution is -0.120. The molecule has 0 radical (unpaired) electrons. The van der Waals surface area contributed by atoms with Crippen LogP contribution in [0.4, 0.5) is 0 Å². The van der Waals surface area contributed by atoms with E-state index < -0.39 is 0 Å². The van der Waals surface area contributed by atoms with Gasteiger partial charge in [0, 0.05) is 4.88 Å². The molecule has 0 aliphatic rings. The summed E-state index contributed by atoms with van der Waals surface area (Å²) >= 11 is 3.01. The third kappa shape index (κ3) is 4.73. The van der Waals surface area contributed by atoms with E-state index in [4.69, 9.17) is 0 Å². The third-order valence-corrected chi connectivity index (χ3v) is 7.44. The molecule has 154 valence electrons. The Balaban J connectivity index is 1.65. The summed E-state index contributed by atoms with van der Waals surface area (Å²) in [5, 5.41) is 3.52. The first-order valence-corrected chi connectivity index (χ1v) is 11.5. The molecule has 2 N–H and O–H groups in total. The molecule has 0 bridgehead atoms. The molecular formula is C22H27N3O2S2. The van der Waals surface area contributed by atoms with Gasteiger partial charge in [0.2, 0.25) is 5.91 Å². The van der Waals surface area contributed by atoms with Crippen molar-refractivity contribution in [2.24, 2.45) is 0 Å². The van der Waals surface area contributed by atoms with Crippen molar-refractivity contribution in [3.63, 3.8) is 0 Å². The Morgan fingerprint density at radius 2 is 1.97 bits per heavy atom. The van der Waals surface area contributed by atoms with Crippen molar-refractivity contribution in [2.45, 2.75) is 58.6 Å². The average molecular weight is 430 g/mol. The van der Waals surface area contributed by atoms with Gasteiger partial charge in [-0.2, -0.15) is 0 Å². The normalized spacial score (nSPS) is 13.4. The summed E-state index contributed by atoms with van der Waals surface area (Å²) in [5.41, 5.74) is 4.37. The average Bonchev–Trinajstić information content (AvgIpc) is 2.95. The number of aromatic nitrogens is 2. The number of H-pyrrole nitrogens is 1. The number of aromatic amines is 1. The lowest BCUT2D eigenvalue weighted by Gasteiger charge is -2.19. The van der Waals surface area contributed by atoms with Crippen LogP contribution in [0.3, 0.4) is 0 Å². The minimum atomic E-state index is -0.254. The van der Waals surface area contributed by atoms with Crippen LogP contribution >= 0.6 is 23.1 Å². The Hall–Kier alpha value is -2.12. The molecule has 0 aliphatic carbocycles. The van der Waals surface area contributed by atoms with Gasteiger partial charge in [0.05, 0.1) is 22.4 Å². The highest BCUT2D eigenvalue weighted by Gasteiger charge is 2.19. The fourth-order valence-electron chi connectivity index (χ4n) is 3.28. The van der Waals surface area contributed by atoms with Gasteiger partial charge in [0.25, 0.3) is 5.56 Å². The van der Waals surface area contributed by atoms with E-state index in [0.717, 1.165) is 20.8 Å². The van der Waals surface area contributed by atoms with Gasteiger partial charge in [-0.15, -0.1) is 23.1 Å². The highest BCUT2D eigenvalue weighted by atomic mass is 32.2. The van der Waals surface area contributed by atoms with Crippen LogP contribution in [0, 0.1) is 27.7 Å². The molecule has 0 saturated carbocycles. The Kier molecular flexibility index (Phi) is 6.49. The maximum atomic E-state index is 12.6. The van der Waals surface area contributed by atoms with E-state index in [1.54, 1.807) is 0 Å². The highest BCUT2D eigenvalue weighted by molar-refractivity contribution is 7.99. The Labute approximate surface area is 179 Å². The van der Waals surface area contributed by atoms with Gasteiger partial charge in [-0.05, 0) is 58.2 Å². The maximum absolute atomic E-state index is 12.6. The van der Waals surface area contributed by atoms with Gasteiger partial charge < -0.3 is 10.3 Å². The second-order valence-corrected chi connectivity index (χ2v) is 10.1. The standard InChI is InChI=1S/C22H27N3O2S2/c1-11-7-8-12(2)17(9-11)14(4)23-20(26)16(6)28-10-18-24-21(27)19-13(3)15(5)29-22(19)25-18/h7-9,14,16H,10H2,1-6H3,(H,23,26)(H,24,25,27). The fourth-order valence-corrected chi connectivity index (χ4v) is 5.09. The van der Waals surface area contributed by atoms with Gasteiger partial charge in [0.15, 0.2) is 0 Å². The molecule has 0 aliphatic heterocycles. The van der Waals surface area contributed by atoms with Crippen LogP contribution < -0.4 is 10.9 Å². The summed E-state index contributed by atoms with van der Waals surface area (Å²) in [5.74, 6) is 1.07. The van der Waals surface area contributed by atoms with Gasteiger partial charge in [-0.25, -0.2) is 4.98 Å². The van der Waals surface area contributed by atoms with Crippen molar-refractivity contribution < 1.29 is 4.79 Å². The van der Waals surface area contributed by atoms with Crippen LogP contribution in [0.15, 0.2) is 23.0 Å².